The zero-order chi connectivity index (χ0) is 20.6. The summed E-state index contributed by atoms with van der Waals surface area (Å²) < 4.78 is 15.6. The molecule has 1 aliphatic rings. The highest BCUT2D eigenvalue weighted by Gasteiger charge is 2.22. The van der Waals surface area contributed by atoms with E-state index in [0.29, 0.717) is 36.4 Å². The molecule has 0 radical (unpaired) electrons. The minimum Gasteiger partial charge on any atom is -0.493 e. The molecule has 1 aromatic carbocycles. The third-order valence-corrected chi connectivity index (χ3v) is 5.15. The van der Waals surface area contributed by atoms with Crippen LogP contribution in [0.3, 0.4) is 0 Å². The molecule has 0 bridgehead atoms. The van der Waals surface area contributed by atoms with Gasteiger partial charge in [0.2, 0.25) is 5.91 Å². The SMILES string of the molecule is COc1nccc(N2CCC(CC(=O)NCc3ccc(OC)c(OC)c3)CC2)n1. The molecule has 8 nitrogen and oxygen atoms in total. The maximum absolute atomic E-state index is 12.4. The summed E-state index contributed by atoms with van der Waals surface area (Å²) in [7, 11) is 4.77. The van der Waals surface area contributed by atoms with Crippen molar-refractivity contribution in [3.63, 3.8) is 0 Å². The smallest absolute Gasteiger partial charge is 0.318 e. The van der Waals surface area contributed by atoms with Crippen LogP contribution in [-0.2, 0) is 11.3 Å². The molecule has 1 fully saturated rings. The normalized spacial score (nSPS) is 14.4. The molecule has 1 aromatic heterocycles. The molecule has 1 aliphatic heterocycles. The summed E-state index contributed by atoms with van der Waals surface area (Å²) in [6, 6.07) is 7.92. The van der Waals surface area contributed by atoms with Crippen LogP contribution in [0.1, 0.15) is 24.8 Å². The van der Waals surface area contributed by atoms with Crippen LogP contribution in [0.25, 0.3) is 0 Å². The van der Waals surface area contributed by atoms with Crippen LogP contribution < -0.4 is 24.4 Å². The van der Waals surface area contributed by atoms with Gasteiger partial charge in [-0.25, -0.2) is 4.98 Å². The number of nitrogens with one attached hydrogen (secondary N) is 1. The Balaban J connectivity index is 1.45. The Morgan fingerprint density at radius 3 is 2.55 bits per heavy atom. The lowest BCUT2D eigenvalue weighted by Gasteiger charge is -2.32. The molecule has 1 N–H and O–H groups in total. The first kappa shape index (κ1) is 20.7. The lowest BCUT2D eigenvalue weighted by molar-refractivity contribution is -0.122. The molecule has 2 aromatic rings. The predicted molar refractivity (Wildman–Crippen MR) is 110 cm³/mol. The number of nitrogens with zero attached hydrogens (tertiary/aromatic N) is 3. The molecular formula is C21H28N4O4. The molecule has 0 atom stereocenters. The van der Waals surface area contributed by atoms with Crippen molar-refractivity contribution in [3.05, 3.63) is 36.0 Å². The number of benzene rings is 1. The van der Waals surface area contributed by atoms with E-state index < -0.39 is 0 Å². The Kier molecular flexibility index (Phi) is 7.10. The van der Waals surface area contributed by atoms with Crippen molar-refractivity contribution in [1.82, 2.24) is 15.3 Å². The van der Waals surface area contributed by atoms with Crippen LogP contribution >= 0.6 is 0 Å². The largest absolute Gasteiger partial charge is 0.493 e. The molecule has 156 valence electrons. The van der Waals surface area contributed by atoms with E-state index in [1.807, 2.05) is 24.3 Å². The number of anilines is 1. The van der Waals surface area contributed by atoms with Crippen molar-refractivity contribution < 1.29 is 19.0 Å². The molecule has 29 heavy (non-hydrogen) atoms. The summed E-state index contributed by atoms with van der Waals surface area (Å²) in [5.74, 6) is 2.65. The molecule has 1 saturated heterocycles. The van der Waals surface area contributed by atoms with E-state index >= 15 is 0 Å². The van der Waals surface area contributed by atoms with Crippen molar-refractivity contribution in [2.45, 2.75) is 25.8 Å². The first-order valence-corrected chi connectivity index (χ1v) is 9.72. The first-order chi connectivity index (χ1) is 14.1. The van der Waals surface area contributed by atoms with Gasteiger partial charge in [-0.2, -0.15) is 4.98 Å². The number of ether oxygens (including phenoxy) is 3. The molecule has 2 heterocycles. The lowest BCUT2D eigenvalue weighted by atomic mass is 9.93. The summed E-state index contributed by atoms with van der Waals surface area (Å²) in [6.07, 6.45) is 4.15. The van der Waals surface area contributed by atoms with Gasteiger partial charge in [0.05, 0.1) is 21.3 Å². The van der Waals surface area contributed by atoms with Gasteiger partial charge in [0, 0.05) is 32.3 Å². The molecule has 0 unspecified atom stereocenters. The average Bonchev–Trinajstić information content (AvgIpc) is 2.78. The summed E-state index contributed by atoms with van der Waals surface area (Å²) >= 11 is 0. The van der Waals surface area contributed by atoms with Gasteiger partial charge in [0.15, 0.2) is 11.5 Å². The van der Waals surface area contributed by atoms with Gasteiger partial charge in [-0.05, 0) is 42.5 Å². The number of piperidine rings is 1. The Morgan fingerprint density at radius 2 is 1.86 bits per heavy atom. The number of amides is 1. The topological polar surface area (TPSA) is 85.8 Å². The molecule has 1 amide bonds. The third-order valence-electron chi connectivity index (χ3n) is 5.15. The van der Waals surface area contributed by atoms with E-state index in [0.717, 1.165) is 37.3 Å². The van der Waals surface area contributed by atoms with Gasteiger partial charge in [-0.1, -0.05) is 6.07 Å². The fraction of sp³-hybridized carbons (Fsp3) is 0.476. The van der Waals surface area contributed by atoms with Crippen LogP contribution in [0, 0.1) is 5.92 Å². The maximum atomic E-state index is 12.4. The molecular weight excluding hydrogens is 372 g/mol. The second-order valence-electron chi connectivity index (χ2n) is 7.00. The number of rotatable bonds is 8. The minimum atomic E-state index is 0.0712. The van der Waals surface area contributed by atoms with Crippen molar-refractivity contribution in [2.24, 2.45) is 5.92 Å². The van der Waals surface area contributed by atoms with Crippen molar-refractivity contribution in [2.75, 3.05) is 39.3 Å². The standard InChI is InChI=1S/C21H28N4O4/c1-27-17-5-4-16(12-18(17)28-2)14-23-20(26)13-15-7-10-25(11-8-15)19-6-9-22-21(24-19)29-3/h4-6,9,12,15H,7-8,10-11,13-14H2,1-3H3,(H,23,26). The number of aromatic nitrogens is 2. The van der Waals surface area contributed by atoms with Gasteiger partial charge in [0.1, 0.15) is 5.82 Å². The number of carbonyl (C=O) groups excluding carboxylic acids is 1. The Hall–Kier alpha value is -3.03. The van der Waals surface area contributed by atoms with E-state index in [-0.39, 0.29) is 5.91 Å². The van der Waals surface area contributed by atoms with Gasteiger partial charge in [-0.3, -0.25) is 4.79 Å². The van der Waals surface area contributed by atoms with Crippen LogP contribution in [0.15, 0.2) is 30.5 Å². The van der Waals surface area contributed by atoms with Crippen LogP contribution in [0.4, 0.5) is 5.82 Å². The Bertz CT molecular complexity index is 822. The summed E-state index contributed by atoms with van der Waals surface area (Å²) in [5, 5.41) is 3.01. The van der Waals surface area contributed by atoms with E-state index in [9.17, 15) is 4.79 Å². The van der Waals surface area contributed by atoms with Crippen LogP contribution in [0.2, 0.25) is 0 Å². The highest BCUT2D eigenvalue weighted by atomic mass is 16.5. The second-order valence-corrected chi connectivity index (χ2v) is 7.00. The minimum absolute atomic E-state index is 0.0712. The van der Waals surface area contributed by atoms with E-state index in [4.69, 9.17) is 14.2 Å². The van der Waals surface area contributed by atoms with Gasteiger partial charge < -0.3 is 24.4 Å². The Morgan fingerprint density at radius 1 is 1.10 bits per heavy atom. The fourth-order valence-corrected chi connectivity index (χ4v) is 3.50. The second kappa shape index (κ2) is 9.95. The zero-order valence-electron chi connectivity index (χ0n) is 17.2. The summed E-state index contributed by atoms with van der Waals surface area (Å²) in [4.78, 5) is 23.0. The van der Waals surface area contributed by atoms with Crippen molar-refractivity contribution in [1.29, 1.82) is 0 Å². The average molecular weight is 400 g/mol. The molecule has 0 spiro atoms. The highest BCUT2D eigenvalue weighted by Crippen LogP contribution is 2.28. The molecule has 3 rings (SSSR count). The molecule has 0 aliphatic carbocycles. The van der Waals surface area contributed by atoms with Gasteiger partial charge in [-0.15, -0.1) is 0 Å². The van der Waals surface area contributed by atoms with Crippen LogP contribution in [0.5, 0.6) is 17.5 Å². The number of hydrogen-bond donors (Lipinski definition) is 1. The predicted octanol–water partition coefficient (Wildman–Crippen LogP) is 2.43. The maximum Gasteiger partial charge on any atom is 0.318 e. The summed E-state index contributed by atoms with van der Waals surface area (Å²) in [6.45, 7) is 2.21. The third kappa shape index (κ3) is 5.49. The quantitative estimate of drug-likeness (QED) is 0.728. The number of methoxy groups -OCH3 is 3. The highest BCUT2D eigenvalue weighted by molar-refractivity contribution is 5.76. The lowest BCUT2D eigenvalue weighted by Crippen LogP contribution is -2.36. The van der Waals surface area contributed by atoms with Gasteiger partial charge >= 0.3 is 6.01 Å². The number of carbonyl (C=O) groups is 1. The monoisotopic (exact) mass is 400 g/mol. The summed E-state index contributed by atoms with van der Waals surface area (Å²) in [5.41, 5.74) is 0.975. The van der Waals surface area contributed by atoms with Crippen molar-refractivity contribution >= 4 is 11.7 Å². The van der Waals surface area contributed by atoms with Crippen molar-refractivity contribution in [3.8, 4) is 17.5 Å². The Labute approximate surface area is 171 Å². The van der Waals surface area contributed by atoms with E-state index in [1.165, 1.54) is 0 Å². The molecule has 0 saturated carbocycles. The van der Waals surface area contributed by atoms with E-state index in [2.05, 4.69) is 20.2 Å². The van der Waals surface area contributed by atoms with Crippen LogP contribution in [-0.4, -0.2) is 50.3 Å². The van der Waals surface area contributed by atoms with Gasteiger partial charge in [0.25, 0.3) is 0 Å². The zero-order valence-corrected chi connectivity index (χ0v) is 17.2. The fourth-order valence-electron chi connectivity index (χ4n) is 3.50. The number of hydrogen-bond acceptors (Lipinski definition) is 7. The van der Waals surface area contributed by atoms with E-state index in [1.54, 1.807) is 27.5 Å². The first-order valence-electron chi connectivity index (χ1n) is 9.72. The molecule has 8 heteroatoms.